The topological polar surface area (TPSA) is 61.0 Å². The molecule has 0 aliphatic carbocycles. The Hall–Kier alpha value is -0.520. The van der Waals surface area contributed by atoms with E-state index in [-0.39, 0.29) is 17.1 Å². The van der Waals surface area contributed by atoms with E-state index < -0.39 is 0 Å². The van der Waals surface area contributed by atoms with Crippen LogP contribution in [0.3, 0.4) is 0 Å². The zero-order valence-electron chi connectivity index (χ0n) is 12.3. The van der Waals surface area contributed by atoms with Gasteiger partial charge in [0, 0.05) is 18.6 Å². The molecule has 0 radical (unpaired) electrons. The average Bonchev–Trinajstić information content (AvgIpc) is 2.74. The lowest BCUT2D eigenvalue weighted by Gasteiger charge is -2.25. The van der Waals surface area contributed by atoms with Crippen LogP contribution < -0.4 is 5.73 Å². The van der Waals surface area contributed by atoms with Gasteiger partial charge in [0.15, 0.2) is 0 Å². The summed E-state index contributed by atoms with van der Waals surface area (Å²) < 4.78 is 9.47. The first kappa shape index (κ1) is 15.5. The first-order chi connectivity index (χ1) is 8.17. The van der Waals surface area contributed by atoms with Crippen molar-refractivity contribution in [3.63, 3.8) is 0 Å². The van der Waals surface area contributed by atoms with E-state index in [1.54, 1.807) is 7.11 Å². The standard InChI is InChI=1S/C13H25N3OS/c1-12(2,3)11-10(18-16-15-11)9(14)7-8-13(4,5)17-6/h9H,7-8,14H2,1-6H3. The van der Waals surface area contributed by atoms with Crippen molar-refractivity contribution < 1.29 is 4.74 Å². The third-order valence-corrected chi connectivity index (χ3v) is 4.03. The third-order valence-electron chi connectivity index (χ3n) is 3.17. The van der Waals surface area contributed by atoms with Gasteiger partial charge in [-0.2, -0.15) is 0 Å². The molecule has 0 amide bonds. The third kappa shape index (κ3) is 4.00. The first-order valence-electron chi connectivity index (χ1n) is 6.31. The monoisotopic (exact) mass is 271 g/mol. The molecular weight excluding hydrogens is 246 g/mol. The predicted molar refractivity (Wildman–Crippen MR) is 75.9 cm³/mol. The van der Waals surface area contributed by atoms with E-state index in [0.717, 1.165) is 23.4 Å². The second-order valence-electron chi connectivity index (χ2n) is 6.34. The summed E-state index contributed by atoms with van der Waals surface area (Å²) >= 11 is 1.42. The SMILES string of the molecule is COC(C)(C)CCC(N)c1snnc1C(C)(C)C. The normalized spacial score (nSPS) is 14.8. The van der Waals surface area contributed by atoms with Crippen molar-refractivity contribution in [2.75, 3.05) is 7.11 Å². The Kier molecular flexibility index (Phi) is 4.86. The fourth-order valence-electron chi connectivity index (χ4n) is 1.70. The molecule has 1 unspecified atom stereocenters. The number of ether oxygens (including phenoxy) is 1. The van der Waals surface area contributed by atoms with Gasteiger partial charge >= 0.3 is 0 Å². The number of hydrogen-bond acceptors (Lipinski definition) is 5. The second-order valence-corrected chi connectivity index (χ2v) is 7.13. The van der Waals surface area contributed by atoms with E-state index in [9.17, 15) is 0 Å². The van der Waals surface area contributed by atoms with Crippen LogP contribution in [-0.2, 0) is 10.2 Å². The molecule has 1 atom stereocenters. The van der Waals surface area contributed by atoms with Crippen LogP contribution in [0.15, 0.2) is 0 Å². The summed E-state index contributed by atoms with van der Waals surface area (Å²) in [6.45, 7) is 10.6. The molecule has 0 aliphatic heterocycles. The second kappa shape index (κ2) is 5.63. The zero-order valence-corrected chi connectivity index (χ0v) is 13.1. The van der Waals surface area contributed by atoms with E-state index in [2.05, 4.69) is 44.2 Å². The molecule has 104 valence electrons. The summed E-state index contributed by atoms with van der Waals surface area (Å²) in [5.74, 6) is 0. The highest BCUT2D eigenvalue weighted by Gasteiger charge is 2.27. The van der Waals surface area contributed by atoms with E-state index in [1.165, 1.54) is 11.5 Å². The van der Waals surface area contributed by atoms with Crippen LogP contribution in [0, 0.1) is 0 Å². The van der Waals surface area contributed by atoms with E-state index in [4.69, 9.17) is 10.5 Å². The molecule has 0 aliphatic rings. The maximum absolute atomic E-state index is 6.27. The van der Waals surface area contributed by atoms with Crippen molar-refractivity contribution in [2.45, 2.75) is 64.5 Å². The minimum absolute atomic E-state index is 0.00325. The van der Waals surface area contributed by atoms with E-state index in [0.29, 0.717) is 0 Å². The van der Waals surface area contributed by atoms with Crippen LogP contribution in [0.1, 0.15) is 64.1 Å². The van der Waals surface area contributed by atoms with Gasteiger partial charge in [0.2, 0.25) is 0 Å². The highest BCUT2D eigenvalue weighted by molar-refractivity contribution is 7.05. The summed E-state index contributed by atoms with van der Waals surface area (Å²) in [5, 5.41) is 4.23. The van der Waals surface area contributed by atoms with Crippen molar-refractivity contribution in [3.05, 3.63) is 10.6 Å². The molecule has 0 saturated carbocycles. The van der Waals surface area contributed by atoms with Crippen LogP contribution >= 0.6 is 11.5 Å². The van der Waals surface area contributed by atoms with Crippen molar-refractivity contribution in [3.8, 4) is 0 Å². The van der Waals surface area contributed by atoms with Crippen molar-refractivity contribution in [2.24, 2.45) is 5.73 Å². The molecule has 0 saturated heterocycles. The Bertz CT molecular complexity index is 382. The van der Waals surface area contributed by atoms with E-state index in [1.807, 2.05) is 0 Å². The van der Waals surface area contributed by atoms with Crippen molar-refractivity contribution in [1.29, 1.82) is 0 Å². The lowest BCUT2D eigenvalue weighted by molar-refractivity contribution is 0.0125. The molecule has 1 aromatic heterocycles. The summed E-state index contributed by atoms with van der Waals surface area (Å²) in [5.41, 5.74) is 7.17. The Labute approximate surface area is 114 Å². The minimum Gasteiger partial charge on any atom is -0.379 e. The van der Waals surface area contributed by atoms with Crippen molar-refractivity contribution >= 4 is 11.5 Å². The maximum Gasteiger partial charge on any atom is 0.0856 e. The van der Waals surface area contributed by atoms with Gasteiger partial charge < -0.3 is 10.5 Å². The maximum atomic E-state index is 6.27. The zero-order chi connectivity index (χ0) is 14.0. The quantitative estimate of drug-likeness (QED) is 0.894. The number of methoxy groups -OCH3 is 1. The molecule has 4 nitrogen and oxygen atoms in total. The van der Waals surface area contributed by atoms with Crippen LogP contribution in [0.5, 0.6) is 0 Å². The molecule has 1 rings (SSSR count). The van der Waals surface area contributed by atoms with Crippen LogP contribution in [0.2, 0.25) is 0 Å². The number of nitrogens with two attached hydrogens (primary N) is 1. The highest BCUT2D eigenvalue weighted by Crippen LogP contribution is 2.32. The van der Waals surface area contributed by atoms with Crippen LogP contribution in [0.4, 0.5) is 0 Å². The van der Waals surface area contributed by atoms with E-state index >= 15 is 0 Å². The Morgan fingerprint density at radius 3 is 2.39 bits per heavy atom. The molecule has 0 bridgehead atoms. The Balaban J connectivity index is 2.74. The average molecular weight is 271 g/mol. The number of rotatable bonds is 5. The van der Waals surface area contributed by atoms with Gasteiger partial charge in [-0.3, -0.25) is 0 Å². The van der Waals surface area contributed by atoms with Crippen molar-refractivity contribution in [1.82, 2.24) is 9.59 Å². The van der Waals surface area contributed by atoms with Gasteiger partial charge in [0.05, 0.1) is 16.2 Å². The van der Waals surface area contributed by atoms with Gasteiger partial charge in [-0.1, -0.05) is 25.3 Å². The number of nitrogens with zero attached hydrogens (tertiary/aromatic N) is 2. The van der Waals surface area contributed by atoms with Gasteiger partial charge in [-0.25, -0.2) is 0 Å². The molecule has 0 fully saturated rings. The summed E-state index contributed by atoms with van der Waals surface area (Å²) in [6.07, 6.45) is 1.81. The molecule has 5 heteroatoms. The molecular formula is C13H25N3OS. The molecule has 0 aromatic carbocycles. The number of aromatic nitrogens is 2. The molecule has 2 N–H and O–H groups in total. The molecule has 18 heavy (non-hydrogen) atoms. The minimum atomic E-state index is -0.127. The van der Waals surface area contributed by atoms with Gasteiger partial charge in [-0.05, 0) is 38.2 Å². The predicted octanol–water partition coefficient (Wildman–Crippen LogP) is 3.04. The van der Waals surface area contributed by atoms with Gasteiger partial charge in [0.25, 0.3) is 0 Å². The molecule has 0 spiro atoms. The largest absolute Gasteiger partial charge is 0.379 e. The molecule has 1 heterocycles. The van der Waals surface area contributed by atoms with Gasteiger partial charge in [-0.15, -0.1) is 5.10 Å². The Morgan fingerprint density at radius 1 is 1.28 bits per heavy atom. The lowest BCUT2D eigenvalue weighted by Crippen LogP contribution is -2.25. The van der Waals surface area contributed by atoms with Crippen LogP contribution in [0.25, 0.3) is 0 Å². The Morgan fingerprint density at radius 2 is 1.89 bits per heavy atom. The highest BCUT2D eigenvalue weighted by atomic mass is 32.1. The summed E-state index contributed by atoms with van der Waals surface area (Å²) in [4.78, 5) is 1.11. The van der Waals surface area contributed by atoms with Gasteiger partial charge in [0.1, 0.15) is 0 Å². The molecule has 1 aromatic rings. The fraction of sp³-hybridized carbons (Fsp3) is 0.846. The van der Waals surface area contributed by atoms with Crippen LogP contribution in [-0.4, -0.2) is 22.3 Å². The smallest absolute Gasteiger partial charge is 0.0856 e. The summed E-state index contributed by atoms with van der Waals surface area (Å²) in [7, 11) is 1.74. The number of hydrogen-bond donors (Lipinski definition) is 1. The lowest BCUT2D eigenvalue weighted by atomic mass is 9.88. The first-order valence-corrected chi connectivity index (χ1v) is 7.08. The fourth-order valence-corrected chi connectivity index (χ4v) is 2.59. The summed E-state index contributed by atoms with van der Waals surface area (Å²) in [6, 6.07) is -0.00588.